The summed E-state index contributed by atoms with van der Waals surface area (Å²) in [4.78, 5) is 12.2. The number of hydrogen-bond donors (Lipinski definition) is 1. The molecule has 2 aromatic rings. The lowest BCUT2D eigenvalue weighted by atomic mass is 10.0. The van der Waals surface area contributed by atoms with Gasteiger partial charge in [-0.15, -0.1) is 0 Å². The Hall–Kier alpha value is -2.09. The van der Waals surface area contributed by atoms with E-state index in [0.29, 0.717) is 0 Å². The quantitative estimate of drug-likeness (QED) is 0.876. The fourth-order valence-corrected chi connectivity index (χ4v) is 2.00. The Labute approximate surface area is 114 Å². The molecule has 0 spiro atoms. The van der Waals surface area contributed by atoms with Crippen LogP contribution in [-0.4, -0.2) is 5.91 Å². The van der Waals surface area contributed by atoms with Crippen LogP contribution in [0.4, 0.5) is 5.69 Å². The highest BCUT2D eigenvalue weighted by atomic mass is 16.1. The monoisotopic (exact) mass is 253 g/mol. The lowest BCUT2D eigenvalue weighted by molar-refractivity contribution is 0.102. The summed E-state index contributed by atoms with van der Waals surface area (Å²) in [5.74, 6) is -0.0505. The molecule has 98 valence electrons. The van der Waals surface area contributed by atoms with Gasteiger partial charge in [-0.25, -0.2) is 0 Å². The first-order chi connectivity index (χ1) is 9.10. The summed E-state index contributed by atoms with van der Waals surface area (Å²) in [5, 5.41) is 2.94. The minimum Gasteiger partial charge on any atom is -0.322 e. The first-order valence-corrected chi connectivity index (χ1v) is 6.57. The van der Waals surface area contributed by atoms with Gasteiger partial charge >= 0.3 is 0 Å². The molecule has 0 aliphatic heterocycles. The molecule has 0 aliphatic carbocycles. The van der Waals surface area contributed by atoms with Gasteiger partial charge in [-0.2, -0.15) is 0 Å². The van der Waals surface area contributed by atoms with Gasteiger partial charge in [-0.1, -0.05) is 36.8 Å². The first-order valence-electron chi connectivity index (χ1n) is 6.57. The summed E-state index contributed by atoms with van der Waals surface area (Å²) in [6.45, 7) is 6.06. The van der Waals surface area contributed by atoms with Crippen LogP contribution >= 0.6 is 0 Å². The Bertz CT molecular complexity index is 585. The Morgan fingerprint density at radius 2 is 1.74 bits per heavy atom. The number of amides is 1. The van der Waals surface area contributed by atoms with Crippen molar-refractivity contribution in [1.29, 1.82) is 0 Å². The lowest BCUT2D eigenvalue weighted by Crippen LogP contribution is -2.13. The summed E-state index contributed by atoms with van der Waals surface area (Å²) in [5.41, 5.74) is 4.93. The van der Waals surface area contributed by atoms with Crippen LogP contribution in [0.5, 0.6) is 0 Å². The van der Waals surface area contributed by atoms with Crippen LogP contribution in [0, 0.1) is 13.8 Å². The van der Waals surface area contributed by atoms with E-state index in [-0.39, 0.29) is 5.91 Å². The smallest absolute Gasteiger partial charge is 0.255 e. The zero-order valence-electron chi connectivity index (χ0n) is 11.7. The van der Waals surface area contributed by atoms with Crippen molar-refractivity contribution in [1.82, 2.24) is 0 Å². The minimum absolute atomic E-state index is 0.0505. The van der Waals surface area contributed by atoms with Crippen molar-refractivity contribution in [3.8, 4) is 0 Å². The standard InChI is InChI=1S/C17H19NO/c1-4-14-7-9-15(10-8-14)18-17(19)16-11-12(2)5-6-13(16)3/h5-11H,4H2,1-3H3,(H,18,19). The number of carbonyl (C=O) groups excluding carboxylic acids is 1. The van der Waals surface area contributed by atoms with Gasteiger partial charge in [0.1, 0.15) is 0 Å². The number of rotatable bonds is 3. The van der Waals surface area contributed by atoms with Crippen LogP contribution in [0.1, 0.15) is 34.0 Å². The van der Waals surface area contributed by atoms with Crippen molar-refractivity contribution in [2.24, 2.45) is 0 Å². The van der Waals surface area contributed by atoms with Gasteiger partial charge < -0.3 is 5.32 Å². The van der Waals surface area contributed by atoms with Crippen molar-refractivity contribution in [3.63, 3.8) is 0 Å². The van der Waals surface area contributed by atoms with Gasteiger partial charge in [0.05, 0.1) is 0 Å². The molecule has 0 saturated heterocycles. The number of anilines is 1. The molecule has 0 bridgehead atoms. The normalized spacial score (nSPS) is 10.3. The maximum Gasteiger partial charge on any atom is 0.255 e. The molecule has 0 aromatic heterocycles. The Balaban J connectivity index is 2.18. The zero-order valence-corrected chi connectivity index (χ0v) is 11.7. The first kappa shape index (κ1) is 13.3. The molecule has 0 aliphatic rings. The summed E-state index contributed by atoms with van der Waals surface area (Å²) in [7, 11) is 0. The van der Waals surface area contributed by atoms with Gasteiger partial charge in [-0.05, 0) is 49.6 Å². The maximum atomic E-state index is 12.2. The minimum atomic E-state index is -0.0505. The number of nitrogens with one attached hydrogen (secondary N) is 1. The van der Waals surface area contributed by atoms with E-state index < -0.39 is 0 Å². The summed E-state index contributed by atoms with van der Waals surface area (Å²) < 4.78 is 0. The molecule has 0 radical (unpaired) electrons. The highest BCUT2D eigenvalue weighted by molar-refractivity contribution is 6.05. The topological polar surface area (TPSA) is 29.1 Å². The summed E-state index contributed by atoms with van der Waals surface area (Å²) in [6.07, 6.45) is 1.01. The van der Waals surface area contributed by atoms with E-state index in [2.05, 4.69) is 12.2 Å². The van der Waals surface area contributed by atoms with Crippen LogP contribution in [-0.2, 0) is 6.42 Å². The largest absolute Gasteiger partial charge is 0.322 e. The molecule has 0 unspecified atom stereocenters. The van der Waals surface area contributed by atoms with Crippen molar-refractivity contribution >= 4 is 11.6 Å². The number of hydrogen-bond acceptors (Lipinski definition) is 1. The van der Waals surface area contributed by atoms with Gasteiger partial charge in [0.2, 0.25) is 0 Å². The number of carbonyl (C=O) groups is 1. The van der Waals surface area contributed by atoms with Crippen molar-refractivity contribution in [3.05, 3.63) is 64.7 Å². The Morgan fingerprint density at radius 3 is 2.37 bits per heavy atom. The Morgan fingerprint density at radius 1 is 1.05 bits per heavy atom. The molecule has 0 saturated carbocycles. The van der Waals surface area contributed by atoms with Crippen LogP contribution < -0.4 is 5.32 Å². The highest BCUT2D eigenvalue weighted by Gasteiger charge is 2.09. The molecule has 2 aromatic carbocycles. The van der Waals surface area contributed by atoms with Crippen LogP contribution in [0.25, 0.3) is 0 Å². The van der Waals surface area contributed by atoms with Gasteiger partial charge in [0.15, 0.2) is 0 Å². The molecule has 19 heavy (non-hydrogen) atoms. The lowest BCUT2D eigenvalue weighted by Gasteiger charge is -2.09. The fourth-order valence-electron chi connectivity index (χ4n) is 2.00. The third kappa shape index (κ3) is 3.22. The maximum absolute atomic E-state index is 12.2. The average molecular weight is 253 g/mol. The molecule has 0 fully saturated rings. The van der Waals surface area contributed by atoms with E-state index >= 15 is 0 Å². The second-order valence-corrected chi connectivity index (χ2v) is 4.82. The molecule has 2 rings (SSSR count). The third-order valence-corrected chi connectivity index (χ3v) is 3.26. The van der Waals surface area contributed by atoms with Crippen LogP contribution in [0.3, 0.4) is 0 Å². The third-order valence-electron chi connectivity index (χ3n) is 3.26. The van der Waals surface area contributed by atoms with E-state index in [1.54, 1.807) is 0 Å². The summed E-state index contributed by atoms with van der Waals surface area (Å²) in [6, 6.07) is 13.9. The molecular formula is C17H19NO. The van der Waals surface area contributed by atoms with Crippen LogP contribution in [0.15, 0.2) is 42.5 Å². The molecular weight excluding hydrogens is 234 g/mol. The Kier molecular flexibility index (Phi) is 4.00. The summed E-state index contributed by atoms with van der Waals surface area (Å²) >= 11 is 0. The second kappa shape index (κ2) is 5.70. The van der Waals surface area contributed by atoms with Gasteiger partial charge in [0.25, 0.3) is 5.91 Å². The predicted molar refractivity (Wildman–Crippen MR) is 79.7 cm³/mol. The van der Waals surface area contributed by atoms with Crippen molar-refractivity contribution < 1.29 is 4.79 Å². The van der Waals surface area contributed by atoms with Crippen LogP contribution in [0.2, 0.25) is 0 Å². The SMILES string of the molecule is CCc1ccc(NC(=O)c2cc(C)ccc2C)cc1. The predicted octanol–water partition coefficient (Wildman–Crippen LogP) is 4.12. The molecule has 1 N–H and O–H groups in total. The van der Waals surface area contributed by atoms with E-state index in [4.69, 9.17) is 0 Å². The molecule has 0 atom stereocenters. The van der Waals surface area contributed by atoms with Gasteiger partial charge in [-0.3, -0.25) is 4.79 Å². The highest BCUT2D eigenvalue weighted by Crippen LogP contribution is 2.15. The number of aryl methyl sites for hydroxylation is 3. The van der Waals surface area contributed by atoms with E-state index in [9.17, 15) is 4.79 Å². The second-order valence-electron chi connectivity index (χ2n) is 4.82. The fraction of sp³-hybridized carbons (Fsp3) is 0.235. The van der Waals surface area contributed by atoms with Crippen molar-refractivity contribution in [2.75, 3.05) is 5.32 Å². The zero-order chi connectivity index (χ0) is 13.8. The van der Waals surface area contributed by atoms with Crippen molar-refractivity contribution in [2.45, 2.75) is 27.2 Å². The van der Waals surface area contributed by atoms with E-state index in [1.165, 1.54) is 5.56 Å². The average Bonchev–Trinajstić information content (AvgIpc) is 2.42. The molecule has 2 nitrogen and oxygen atoms in total. The number of benzene rings is 2. The van der Waals surface area contributed by atoms with E-state index in [1.807, 2.05) is 56.3 Å². The molecule has 2 heteroatoms. The van der Waals surface area contributed by atoms with Gasteiger partial charge in [0, 0.05) is 11.3 Å². The molecule has 0 heterocycles. The van der Waals surface area contributed by atoms with E-state index in [0.717, 1.165) is 28.8 Å². The molecule has 1 amide bonds.